The Morgan fingerprint density at radius 3 is 2.49 bits per heavy atom. The minimum Gasteiger partial charge on any atom is -0.447 e. The van der Waals surface area contributed by atoms with E-state index < -0.39 is 58.7 Å². The molecule has 2 aromatic carbocycles. The third-order valence-corrected chi connectivity index (χ3v) is 6.82. The third-order valence-electron chi connectivity index (χ3n) is 6.82. The summed E-state index contributed by atoms with van der Waals surface area (Å²) in [6.07, 6.45) is -0.679. The van der Waals surface area contributed by atoms with Gasteiger partial charge in [0.1, 0.15) is 23.8 Å². The molecule has 4 rings (SSSR count). The SMILES string of the molecule is CC(C)(C)OC(=O)N[C@]1(C)C[C@@H](C(=O)N2C(=O)OC[C@@H]2Cc2ccccc2)[C@H](c2ccc(F)cc2F)C1. The third kappa shape index (κ3) is 6.09. The first-order valence-electron chi connectivity index (χ1n) is 12.3. The van der Waals surface area contributed by atoms with Crippen LogP contribution in [0.15, 0.2) is 48.5 Å². The van der Waals surface area contributed by atoms with E-state index in [4.69, 9.17) is 9.47 Å². The molecule has 0 radical (unpaired) electrons. The van der Waals surface area contributed by atoms with Crippen molar-refractivity contribution in [1.29, 1.82) is 0 Å². The van der Waals surface area contributed by atoms with Gasteiger partial charge in [-0.05, 0) is 64.2 Å². The molecule has 1 N–H and O–H groups in total. The van der Waals surface area contributed by atoms with Crippen molar-refractivity contribution >= 4 is 18.1 Å². The first kappa shape index (κ1) is 26.6. The first-order valence-corrected chi connectivity index (χ1v) is 12.3. The molecule has 1 heterocycles. The fourth-order valence-electron chi connectivity index (χ4n) is 5.32. The molecule has 0 unspecified atom stereocenters. The van der Waals surface area contributed by atoms with Gasteiger partial charge in [-0.3, -0.25) is 4.79 Å². The highest BCUT2D eigenvalue weighted by Crippen LogP contribution is 2.47. The number of benzene rings is 2. The summed E-state index contributed by atoms with van der Waals surface area (Å²) >= 11 is 0. The molecule has 9 heteroatoms. The molecule has 2 aromatic rings. The Bertz CT molecular complexity index is 1180. The van der Waals surface area contributed by atoms with E-state index in [-0.39, 0.29) is 25.0 Å². The van der Waals surface area contributed by atoms with E-state index in [0.29, 0.717) is 6.42 Å². The number of halogens is 2. The second-order valence-electron chi connectivity index (χ2n) is 11.1. The predicted molar refractivity (Wildman–Crippen MR) is 132 cm³/mol. The van der Waals surface area contributed by atoms with Crippen LogP contribution < -0.4 is 5.32 Å². The van der Waals surface area contributed by atoms with Crippen molar-refractivity contribution in [3.8, 4) is 0 Å². The molecular formula is C28H32F2N2O5. The average Bonchev–Trinajstić information content (AvgIpc) is 3.32. The molecule has 0 bridgehead atoms. The molecule has 2 aliphatic rings. The highest BCUT2D eigenvalue weighted by Gasteiger charge is 2.52. The molecule has 1 aliphatic heterocycles. The summed E-state index contributed by atoms with van der Waals surface area (Å²) in [5.74, 6) is -3.59. The number of nitrogens with zero attached hydrogens (tertiary/aromatic N) is 1. The molecule has 198 valence electrons. The predicted octanol–water partition coefficient (Wildman–Crippen LogP) is 5.33. The average molecular weight is 515 g/mol. The van der Waals surface area contributed by atoms with Gasteiger partial charge in [0.15, 0.2) is 0 Å². The summed E-state index contributed by atoms with van der Waals surface area (Å²) in [6.45, 7) is 7.01. The van der Waals surface area contributed by atoms with Gasteiger partial charge in [0.2, 0.25) is 5.91 Å². The monoisotopic (exact) mass is 514 g/mol. The van der Waals surface area contributed by atoms with Crippen LogP contribution in [0.5, 0.6) is 0 Å². The first-order chi connectivity index (χ1) is 17.3. The molecule has 37 heavy (non-hydrogen) atoms. The van der Waals surface area contributed by atoms with Crippen LogP contribution in [-0.2, 0) is 20.7 Å². The highest BCUT2D eigenvalue weighted by atomic mass is 19.1. The largest absolute Gasteiger partial charge is 0.447 e. The maximum Gasteiger partial charge on any atom is 0.416 e. The van der Waals surface area contributed by atoms with Gasteiger partial charge in [-0.1, -0.05) is 36.4 Å². The number of nitrogens with one attached hydrogen (secondary N) is 1. The number of amides is 3. The van der Waals surface area contributed by atoms with E-state index in [2.05, 4.69) is 5.32 Å². The minimum atomic E-state index is -0.938. The van der Waals surface area contributed by atoms with Crippen molar-refractivity contribution in [3.05, 3.63) is 71.3 Å². The molecule has 1 saturated heterocycles. The number of carbonyl (C=O) groups excluding carboxylic acids is 3. The van der Waals surface area contributed by atoms with E-state index >= 15 is 0 Å². The Morgan fingerprint density at radius 1 is 1.14 bits per heavy atom. The molecule has 2 fully saturated rings. The van der Waals surface area contributed by atoms with Crippen LogP contribution in [0.1, 0.15) is 57.6 Å². The Morgan fingerprint density at radius 2 is 1.84 bits per heavy atom. The lowest BCUT2D eigenvalue weighted by molar-refractivity contribution is -0.133. The van der Waals surface area contributed by atoms with Gasteiger partial charge in [0, 0.05) is 23.4 Å². The number of hydrogen-bond acceptors (Lipinski definition) is 5. The van der Waals surface area contributed by atoms with Crippen molar-refractivity contribution in [2.45, 2.75) is 70.1 Å². The fourth-order valence-corrected chi connectivity index (χ4v) is 5.32. The summed E-state index contributed by atoms with van der Waals surface area (Å²) in [7, 11) is 0. The molecule has 7 nitrogen and oxygen atoms in total. The summed E-state index contributed by atoms with van der Waals surface area (Å²) in [5.41, 5.74) is -0.581. The van der Waals surface area contributed by atoms with Crippen LogP contribution in [0.25, 0.3) is 0 Å². The van der Waals surface area contributed by atoms with Gasteiger partial charge < -0.3 is 14.8 Å². The van der Waals surface area contributed by atoms with E-state index in [0.717, 1.165) is 22.6 Å². The van der Waals surface area contributed by atoms with Gasteiger partial charge in [-0.2, -0.15) is 0 Å². The molecular weight excluding hydrogens is 482 g/mol. The fraction of sp³-hybridized carbons (Fsp3) is 0.464. The Kier molecular flexibility index (Phi) is 7.26. The van der Waals surface area contributed by atoms with E-state index in [1.165, 1.54) is 6.07 Å². The summed E-state index contributed by atoms with van der Waals surface area (Å²) in [4.78, 5) is 40.3. The molecule has 1 saturated carbocycles. The second kappa shape index (κ2) is 10.1. The smallest absolute Gasteiger partial charge is 0.416 e. The van der Waals surface area contributed by atoms with E-state index in [1.807, 2.05) is 30.3 Å². The molecule has 4 atom stereocenters. The summed E-state index contributed by atoms with van der Waals surface area (Å²) in [6, 6.07) is 12.1. The zero-order valence-electron chi connectivity index (χ0n) is 21.4. The standard InChI is InChI=1S/C28H32F2N2O5/c1-27(2,3)37-25(34)31-28(4)14-21(20-11-10-18(29)13-23(20)30)22(15-28)24(33)32-19(16-36-26(32)35)12-17-8-6-5-7-9-17/h5-11,13,19,21-22H,12,14-16H2,1-4H3,(H,31,34)/t19-,21-,22+,28-/m0/s1. The van der Waals surface area contributed by atoms with Crippen LogP contribution in [-0.4, -0.2) is 46.8 Å². The summed E-state index contributed by atoms with van der Waals surface area (Å²) < 4.78 is 39.2. The van der Waals surface area contributed by atoms with E-state index in [9.17, 15) is 23.2 Å². The lowest BCUT2D eigenvalue weighted by Gasteiger charge is -2.29. The Labute approximate surface area is 215 Å². The lowest BCUT2D eigenvalue weighted by atomic mass is 9.87. The number of cyclic esters (lactones) is 1. The molecule has 0 aromatic heterocycles. The Balaban J connectivity index is 1.64. The maximum atomic E-state index is 14.9. The van der Waals surface area contributed by atoms with Crippen LogP contribution in [0, 0.1) is 17.6 Å². The number of rotatable bonds is 5. The van der Waals surface area contributed by atoms with Gasteiger partial charge in [0.05, 0.1) is 6.04 Å². The maximum absolute atomic E-state index is 14.9. The van der Waals surface area contributed by atoms with Crippen LogP contribution in [0.2, 0.25) is 0 Å². The summed E-state index contributed by atoms with van der Waals surface area (Å²) in [5, 5.41) is 2.84. The lowest BCUT2D eigenvalue weighted by Crippen LogP contribution is -2.47. The highest BCUT2D eigenvalue weighted by molar-refractivity contribution is 5.95. The van der Waals surface area contributed by atoms with Crippen molar-refractivity contribution in [2.75, 3.05) is 6.61 Å². The molecule has 0 spiro atoms. The van der Waals surface area contributed by atoms with Crippen molar-refractivity contribution < 1.29 is 32.6 Å². The zero-order chi connectivity index (χ0) is 27.0. The number of hydrogen-bond donors (Lipinski definition) is 1. The van der Waals surface area contributed by atoms with Crippen LogP contribution in [0.4, 0.5) is 18.4 Å². The van der Waals surface area contributed by atoms with Crippen LogP contribution in [0.3, 0.4) is 0 Å². The van der Waals surface area contributed by atoms with Gasteiger partial charge >= 0.3 is 12.2 Å². The topological polar surface area (TPSA) is 84.9 Å². The second-order valence-corrected chi connectivity index (χ2v) is 11.1. The molecule has 1 aliphatic carbocycles. The number of imide groups is 1. The van der Waals surface area contributed by atoms with Gasteiger partial charge in [-0.25, -0.2) is 23.3 Å². The Hall–Kier alpha value is -3.49. The van der Waals surface area contributed by atoms with E-state index in [1.54, 1.807) is 27.7 Å². The number of ether oxygens (including phenoxy) is 2. The number of alkyl carbamates (subject to hydrolysis) is 1. The van der Waals surface area contributed by atoms with Crippen LogP contribution >= 0.6 is 0 Å². The quantitative estimate of drug-likeness (QED) is 0.583. The minimum absolute atomic E-state index is 0.0508. The number of carbonyl (C=O) groups is 3. The van der Waals surface area contributed by atoms with Gasteiger partial charge in [-0.15, -0.1) is 0 Å². The van der Waals surface area contributed by atoms with Crippen molar-refractivity contribution in [1.82, 2.24) is 10.2 Å². The van der Waals surface area contributed by atoms with Crippen molar-refractivity contribution in [2.24, 2.45) is 5.92 Å². The van der Waals surface area contributed by atoms with Gasteiger partial charge in [0.25, 0.3) is 0 Å². The normalized spacial score (nSPS) is 25.6. The molecule has 3 amide bonds. The zero-order valence-corrected chi connectivity index (χ0v) is 21.4. The van der Waals surface area contributed by atoms with Crippen molar-refractivity contribution in [3.63, 3.8) is 0 Å².